The van der Waals surface area contributed by atoms with Crippen molar-refractivity contribution in [2.75, 3.05) is 52.9 Å². The average molecular weight is 280 g/mol. The van der Waals surface area contributed by atoms with Crippen LogP contribution >= 0.6 is 0 Å². The van der Waals surface area contributed by atoms with Crippen LogP contribution in [-0.2, 0) is 4.79 Å². The lowest BCUT2D eigenvalue weighted by atomic mass is 10.0. The molecule has 20 heavy (non-hydrogen) atoms. The largest absolute Gasteiger partial charge is 0.341 e. The molecule has 1 amide bonds. The molecular formula is C15H28N4O. The van der Waals surface area contributed by atoms with Crippen LogP contribution in [0.2, 0.25) is 0 Å². The van der Waals surface area contributed by atoms with Gasteiger partial charge in [-0.2, -0.15) is 0 Å². The molecular weight excluding hydrogens is 252 g/mol. The second-order valence-corrected chi connectivity index (χ2v) is 6.68. The first-order valence-electron chi connectivity index (χ1n) is 8.15. The number of likely N-dealkylation sites (tertiary alicyclic amines) is 1. The Balaban J connectivity index is 1.37. The van der Waals surface area contributed by atoms with Crippen LogP contribution in [-0.4, -0.2) is 85.6 Å². The van der Waals surface area contributed by atoms with E-state index in [0.717, 1.165) is 58.2 Å². The van der Waals surface area contributed by atoms with E-state index < -0.39 is 0 Å². The third-order valence-corrected chi connectivity index (χ3v) is 4.85. The Morgan fingerprint density at radius 1 is 0.950 bits per heavy atom. The van der Waals surface area contributed by atoms with E-state index in [9.17, 15) is 4.79 Å². The molecule has 3 aliphatic rings. The van der Waals surface area contributed by atoms with Gasteiger partial charge in [0.05, 0.1) is 6.54 Å². The number of likely N-dealkylation sites (N-methyl/N-ethyl adjacent to an activating group) is 1. The molecule has 1 aliphatic carbocycles. The Morgan fingerprint density at radius 2 is 1.55 bits per heavy atom. The van der Waals surface area contributed by atoms with Crippen molar-refractivity contribution in [1.82, 2.24) is 20.0 Å². The Hall–Kier alpha value is -0.650. The topological polar surface area (TPSA) is 38.8 Å². The number of hydrogen-bond donors (Lipinski definition) is 1. The number of amides is 1. The number of nitrogens with zero attached hydrogens (tertiary/aromatic N) is 3. The van der Waals surface area contributed by atoms with E-state index in [1.807, 2.05) is 0 Å². The lowest BCUT2D eigenvalue weighted by Gasteiger charge is -2.36. The van der Waals surface area contributed by atoms with Gasteiger partial charge >= 0.3 is 0 Å². The maximum Gasteiger partial charge on any atom is 0.236 e. The van der Waals surface area contributed by atoms with Crippen molar-refractivity contribution < 1.29 is 4.79 Å². The first-order valence-corrected chi connectivity index (χ1v) is 8.15. The summed E-state index contributed by atoms with van der Waals surface area (Å²) < 4.78 is 0. The van der Waals surface area contributed by atoms with Crippen molar-refractivity contribution >= 4 is 5.91 Å². The fraction of sp³-hybridized carbons (Fsp3) is 0.933. The molecule has 0 aromatic rings. The summed E-state index contributed by atoms with van der Waals surface area (Å²) in [6.45, 7) is 6.73. The first-order chi connectivity index (χ1) is 9.70. The Labute approximate surface area is 122 Å². The SMILES string of the molecule is CN1CCN(CC(=O)N2CCC(NC3CC3)CC2)CC1. The molecule has 5 nitrogen and oxygen atoms in total. The van der Waals surface area contributed by atoms with Crippen LogP contribution in [0.5, 0.6) is 0 Å². The van der Waals surface area contributed by atoms with Gasteiger partial charge < -0.3 is 15.1 Å². The predicted molar refractivity (Wildman–Crippen MR) is 79.7 cm³/mol. The molecule has 2 heterocycles. The monoisotopic (exact) mass is 280 g/mol. The molecule has 2 aliphatic heterocycles. The quantitative estimate of drug-likeness (QED) is 0.785. The average Bonchev–Trinajstić information content (AvgIpc) is 3.26. The molecule has 1 N–H and O–H groups in total. The van der Waals surface area contributed by atoms with Crippen molar-refractivity contribution in [3.8, 4) is 0 Å². The van der Waals surface area contributed by atoms with Crippen LogP contribution in [0.1, 0.15) is 25.7 Å². The van der Waals surface area contributed by atoms with Crippen LogP contribution < -0.4 is 5.32 Å². The van der Waals surface area contributed by atoms with E-state index in [-0.39, 0.29) is 0 Å². The molecule has 114 valence electrons. The van der Waals surface area contributed by atoms with Crippen LogP contribution in [0.25, 0.3) is 0 Å². The highest BCUT2D eigenvalue weighted by molar-refractivity contribution is 5.78. The summed E-state index contributed by atoms with van der Waals surface area (Å²) in [6, 6.07) is 1.43. The highest BCUT2D eigenvalue weighted by Crippen LogP contribution is 2.22. The number of piperazine rings is 1. The molecule has 0 bridgehead atoms. The summed E-state index contributed by atoms with van der Waals surface area (Å²) in [5.74, 6) is 0.333. The molecule has 3 rings (SSSR count). The third kappa shape index (κ3) is 3.93. The van der Waals surface area contributed by atoms with Gasteiger partial charge in [-0.3, -0.25) is 9.69 Å². The molecule has 1 saturated carbocycles. The number of nitrogens with one attached hydrogen (secondary N) is 1. The number of hydrogen-bond acceptors (Lipinski definition) is 4. The normalized spacial score (nSPS) is 26.9. The van der Waals surface area contributed by atoms with E-state index in [4.69, 9.17) is 0 Å². The summed E-state index contributed by atoms with van der Waals surface area (Å²) in [4.78, 5) is 19.0. The summed E-state index contributed by atoms with van der Waals surface area (Å²) in [7, 11) is 2.15. The number of piperidine rings is 1. The third-order valence-electron chi connectivity index (χ3n) is 4.85. The minimum Gasteiger partial charge on any atom is -0.341 e. The lowest BCUT2D eigenvalue weighted by molar-refractivity contribution is -0.133. The van der Waals surface area contributed by atoms with E-state index in [1.165, 1.54) is 12.8 Å². The Kier molecular flexibility index (Phi) is 4.58. The zero-order valence-corrected chi connectivity index (χ0v) is 12.7. The first kappa shape index (κ1) is 14.3. The minimum atomic E-state index is 0.333. The van der Waals surface area contributed by atoms with Crippen molar-refractivity contribution in [2.45, 2.75) is 37.8 Å². The van der Waals surface area contributed by atoms with Gasteiger partial charge in [0.1, 0.15) is 0 Å². The highest BCUT2D eigenvalue weighted by atomic mass is 16.2. The van der Waals surface area contributed by atoms with Gasteiger partial charge in [0, 0.05) is 51.4 Å². The van der Waals surface area contributed by atoms with Crippen LogP contribution in [0, 0.1) is 0 Å². The van der Waals surface area contributed by atoms with Crippen LogP contribution in [0.3, 0.4) is 0 Å². The smallest absolute Gasteiger partial charge is 0.236 e. The molecule has 0 atom stereocenters. The summed E-state index contributed by atoms with van der Waals surface area (Å²) >= 11 is 0. The molecule has 3 fully saturated rings. The van der Waals surface area contributed by atoms with Crippen molar-refractivity contribution in [1.29, 1.82) is 0 Å². The van der Waals surface area contributed by atoms with Gasteiger partial charge in [-0.15, -0.1) is 0 Å². The summed E-state index contributed by atoms with van der Waals surface area (Å²) in [6.07, 6.45) is 4.96. The standard InChI is InChI=1S/C15H28N4O/c1-17-8-10-18(11-9-17)12-15(20)19-6-4-14(5-7-19)16-13-2-3-13/h13-14,16H,2-12H2,1H3. The second kappa shape index (κ2) is 6.41. The van der Waals surface area contributed by atoms with Crippen molar-refractivity contribution in [3.63, 3.8) is 0 Å². The maximum atomic E-state index is 12.3. The molecule has 5 heteroatoms. The second-order valence-electron chi connectivity index (χ2n) is 6.68. The van der Waals surface area contributed by atoms with Crippen molar-refractivity contribution in [3.05, 3.63) is 0 Å². The van der Waals surface area contributed by atoms with Gasteiger partial charge in [-0.25, -0.2) is 0 Å². The van der Waals surface area contributed by atoms with E-state index in [0.29, 0.717) is 18.5 Å². The van der Waals surface area contributed by atoms with Gasteiger partial charge in [-0.1, -0.05) is 0 Å². The molecule has 0 aromatic carbocycles. The fourth-order valence-corrected chi connectivity index (χ4v) is 3.18. The minimum absolute atomic E-state index is 0.333. The van der Waals surface area contributed by atoms with Crippen LogP contribution in [0.15, 0.2) is 0 Å². The summed E-state index contributed by atoms with van der Waals surface area (Å²) in [5.41, 5.74) is 0. The Morgan fingerprint density at radius 3 is 2.15 bits per heavy atom. The number of carbonyl (C=O) groups is 1. The molecule has 2 saturated heterocycles. The zero-order valence-electron chi connectivity index (χ0n) is 12.7. The molecule has 0 radical (unpaired) electrons. The van der Waals surface area contributed by atoms with Crippen LogP contribution in [0.4, 0.5) is 0 Å². The van der Waals surface area contributed by atoms with Gasteiger partial charge in [0.2, 0.25) is 5.91 Å². The Bertz CT molecular complexity index is 329. The zero-order chi connectivity index (χ0) is 13.9. The highest BCUT2D eigenvalue weighted by Gasteiger charge is 2.29. The molecule has 0 unspecified atom stereocenters. The number of rotatable bonds is 4. The predicted octanol–water partition coefficient (Wildman–Crippen LogP) is -0.0232. The van der Waals surface area contributed by atoms with Crippen molar-refractivity contribution in [2.24, 2.45) is 0 Å². The van der Waals surface area contributed by atoms with E-state index >= 15 is 0 Å². The van der Waals surface area contributed by atoms with E-state index in [2.05, 4.69) is 27.1 Å². The van der Waals surface area contributed by atoms with Gasteiger partial charge in [-0.05, 0) is 32.7 Å². The number of carbonyl (C=O) groups excluding carboxylic acids is 1. The van der Waals surface area contributed by atoms with Gasteiger partial charge in [0.25, 0.3) is 0 Å². The molecule has 0 spiro atoms. The maximum absolute atomic E-state index is 12.3. The van der Waals surface area contributed by atoms with Gasteiger partial charge in [0.15, 0.2) is 0 Å². The lowest BCUT2D eigenvalue weighted by Crippen LogP contribution is -2.51. The molecule has 0 aromatic heterocycles. The van der Waals surface area contributed by atoms with E-state index in [1.54, 1.807) is 0 Å². The fourth-order valence-electron chi connectivity index (χ4n) is 3.18. The summed E-state index contributed by atoms with van der Waals surface area (Å²) in [5, 5.41) is 3.68.